The number of hydrogen-bond donors (Lipinski definition) is 0. The SMILES string of the molecule is COC1=C(OC)C(=O)c2c(cccc2[S+]([O-])c2ccc([N+](=O)[O-])cc2)C1=O. The van der Waals surface area contributed by atoms with Gasteiger partial charge in [-0.1, -0.05) is 6.07 Å². The highest BCUT2D eigenvalue weighted by Crippen LogP contribution is 2.34. The molecule has 0 N–H and O–H groups in total. The van der Waals surface area contributed by atoms with Gasteiger partial charge in [-0.2, -0.15) is 0 Å². The second kappa shape index (κ2) is 7.22. The second-order valence-electron chi connectivity index (χ2n) is 5.42. The maximum Gasteiger partial charge on any atom is 0.269 e. The molecule has 0 aromatic heterocycles. The van der Waals surface area contributed by atoms with Crippen LogP contribution in [0.2, 0.25) is 0 Å². The van der Waals surface area contributed by atoms with E-state index in [0.717, 1.165) is 0 Å². The van der Waals surface area contributed by atoms with Gasteiger partial charge in [0.15, 0.2) is 9.79 Å². The van der Waals surface area contributed by atoms with Crippen molar-refractivity contribution in [1.82, 2.24) is 0 Å². The highest BCUT2D eigenvalue weighted by Gasteiger charge is 2.39. The first-order valence-electron chi connectivity index (χ1n) is 7.61. The summed E-state index contributed by atoms with van der Waals surface area (Å²) in [6.45, 7) is 0. The van der Waals surface area contributed by atoms with E-state index in [1.165, 1.54) is 56.7 Å². The predicted octanol–water partition coefficient (Wildman–Crippen LogP) is 2.64. The number of hydrogen-bond acceptors (Lipinski definition) is 7. The fourth-order valence-corrected chi connectivity index (χ4v) is 3.97. The van der Waals surface area contributed by atoms with E-state index in [4.69, 9.17) is 9.47 Å². The van der Waals surface area contributed by atoms with E-state index < -0.39 is 27.7 Å². The summed E-state index contributed by atoms with van der Waals surface area (Å²) in [5, 5.41) is 10.8. The molecule has 1 aliphatic rings. The lowest BCUT2D eigenvalue weighted by Crippen LogP contribution is -2.26. The average molecular weight is 387 g/mol. The van der Waals surface area contributed by atoms with Gasteiger partial charge in [0, 0.05) is 41.0 Å². The normalized spacial score (nSPS) is 14.6. The van der Waals surface area contributed by atoms with E-state index in [1.54, 1.807) is 0 Å². The highest BCUT2D eigenvalue weighted by atomic mass is 32.2. The molecule has 0 radical (unpaired) electrons. The van der Waals surface area contributed by atoms with Crippen molar-refractivity contribution in [2.75, 3.05) is 14.2 Å². The molecular formula is C18H13NO7S. The number of ether oxygens (including phenoxy) is 2. The molecule has 0 heterocycles. The molecule has 0 bridgehead atoms. The summed E-state index contributed by atoms with van der Waals surface area (Å²) in [5.41, 5.74) is -0.117. The molecule has 1 unspecified atom stereocenters. The zero-order chi connectivity index (χ0) is 19.7. The standard InChI is InChI=1S/C18H13NO7S/c1-25-17-15(20)12-4-3-5-13(14(12)16(21)18(17)26-2)27(24)11-8-6-10(7-9-11)19(22)23/h3-9H,1-2H3. The molecule has 0 fully saturated rings. The number of carbonyl (C=O) groups excluding carboxylic acids is 2. The van der Waals surface area contributed by atoms with Crippen LogP contribution in [0.1, 0.15) is 20.7 Å². The fraction of sp³-hybridized carbons (Fsp3) is 0.111. The van der Waals surface area contributed by atoms with Gasteiger partial charge in [-0.15, -0.1) is 0 Å². The zero-order valence-corrected chi connectivity index (χ0v) is 15.1. The highest BCUT2D eigenvalue weighted by molar-refractivity contribution is 7.91. The van der Waals surface area contributed by atoms with Crippen LogP contribution in [0.25, 0.3) is 0 Å². The minimum absolute atomic E-state index is 0.0307. The number of fused-ring (bicyclic) bond motifs is 1. The van der Waals surface area contributed by atoms with E-state index in [9.17, 15) is 24.3 Å². The zero-order valence-electron chi connectivity index (χ0n) is 14.3. The first kappa shape index (κ1) is 18.6. The van der Waals surface area contributed by atoms with Crippen molar-refractivity contribution in [1.29, 1.82) is 0 Å². The Morgan fingerprint density at radius 3 is 2.07 bits per heavy atom. The minimum atomic E-state index is -1.84. The van der Waals surface area contributed by atoms with Crippen molar-refractivity contribution in [3.63, 3.8) is 0 Å². The van der Waals surface area contributed by atoms with Crippen molar-refractivity contribution in [3.05, 3.63) is 75.2 Å². The van der Waals surface area contributed by atoms with Crippen LogP contribution in [0.4, 0.5) is 5.69 Å². The molecule has 0 spiro atoms. The van der Waals surface area contributed by atoms with Gasteiger partial charge in [0.2, 0.25) is 23.1 Å². The first-order valence-corrected chi connectivity index (χ1v) is 8.76. The number of ketones is 2. The third-order valence-corrected chi connectivity index (χ3v) is 5.43. The minimum Gasteiger partial charge on any atom is -0.606 e. The Balaban J connectivity index is 2.11. The Morgan fingerprint density at radius 2 is 1.52 bits per heavy atom. The molecular weight excluding hydrogens is 374 g/mol. The van der Waals surface area contributed by atoms with Crippen LogP contribution < -0.4 is 0 Å². The molecule has 0 amide bonds. The molecule has 3 rings (SSSR count). The molecule has 0 saturated heterocycles. The molecule has 8 nitrogen and oxygen atoms in total. The molecule has 2 aromatic rings. The van der Waals surface area contributed by atoms with Gasteiger partial charge in [-0.3, -0.25) is 19.7 Å². The number of nitro benzene ring substituents is 1. The van der Waals surface area contributed by atoms with Crippen LogP contribution in [0.15, 0.2) is 63.8 Å². The van der Waals surface area contributed by atoms with Gasteiger partial charge >= 0.3 is 0 Å². The number of nitro groups is 1. The topological polar surface area (TPSA) is 119 Å². The lowest BCUT2D eigenvalue weighted by Gasteiger charge is -2.21. The van der Waals surface area contributed by atoms with Crippen molar-refractivity contribution in [2.45, 2.75) is 9.79 Å². The van der Waals surface area contributed by atoms with E-state index >= 15 is 0 Å². The average Bonchev–Trinajstić information content (AvgIpc) is 2.69. The Hall–Kier alpha value is -3.17. The van der Waals surface area contributed by atoms with Crippen LogP contribution in [0.5, 0.6) is 0 Å². The quantitative estimate of drug-likeness (QED) is 0.439. The number of allylic oxidation sites excluding steroid dienone is 2. The summed E-state index contributed by atoms with van der Waals surface area (Å²) in [4.78, 5) is 36.0. The first-order chi connectivity index (χ1) is 12.9. The molecule has 27 heavy (non-hydrogen) atoms. The Bertz CT molecular complexity index is 982. The van der Waals surface area contributed by atoms with Crippen LogP contribution in [0, 0.1) is 10.1 Å². The largest absolute Gasteiger partial charge is 0.606 e. The number of methoxy groups -OCH3 is 2. The number of rotatable bonds is 5. The molecule has 1 atom stereocenters. The van der Waals surface area contributed by atoms with Crippen molar-refractivity contribution >= 4 is 28.4 Å². The third-order valence-electron chi connectivity index (χ3n) is 3.99. The summed E-state index contributed by atoms with van der Waals surface area (Å²) in [6.07, 6.45) is 0. The van der Waals surface area contributed by atoms with Crippen LogP contribution >= 0.6 is 0 Å². The maximum atomic E-state index is 13.0. The van der Waals surface area contributed by atoms with Gasteiger partial charge in [0.05, 0.1) is 24.7 Å². The maximum absolute atomic E-state index is 13.0. The number of Topliss-reactive ketones (excluding diaryl/α,β-unsaturated/α-hetero) is 2. The number of nitrogens with zero attached hydrogens (tertiary/aromatic N) is 1. The van der Waals surface area contributed by atoms with Crippen molar-refractivity contribution < 1.29 is 28.5 Å². The smallest absolute Gasteiger partial charge is 0.269 e. The molecule has 0 aliphatic heterocycles. The van der Waals surface area contributed by atoms with Gasteiger partial charge in [0.25, 0.3) is 5.69 Å². The fourth-order valence-electron chi connectivity index (χ4n) is 2.74. The summed E-state index contributed by atoms with van der Waals surface area (Å²) >= 11 is -1.84. The summed E-state index contributed by atoms with van der Waals surface area (Å²) in [6, 6.07) is 9.54. The summed E-state index contributed by atoms with van der Waals surface area (Å²) in [5.74, 6) is -1.64. The van der Waals surface area contributed by atoms with Gasteiger partial charge in [-0.25, -0.2) is 0 Å². The van der Waals surface area contributed by atoms with Gasteiger partial charge in [0.1, 0.15) is 0 Å². The Labute approximate surface area is 156 Å². The predicted molar refractivity (Wildman–Crippen MR) is 93.9 cm³/mol. The second-order valence-corrected chi connectivity index (χ2v) is 6.87. The van der Waals surface area contributed by atoms with Crippen LogP contribution in [0.3, 0.4) is 0 Å². The Morgan fingerprint density at radius 1 is 0.926 bits per heavy atom. The van der Waals surface area contributed by atoms with Gasteiger partial charge in [-0.05, 0) is 12.1 Å². The monoisotopic (exact) mass is 387 g/mol. The molecule has 2 aromatic carbocycles. The lowest BCUT2D eigenvalue weighted by molar-refractivity contribution is -0.384. The van der Waals surface area contributed by atoms with Crippen molar-refractivity contribution in [3.8, 4) is 0 Å². The lowest BCUT2D eigenvalue weighted by atomic mass is 9.92. The van der Waals surface area contributed by atoms with E-state index in [0.29, 0.717) is 0 Å². The summed E-state index contributed by atoms with van der Waals surface area (Å²) < 4.78 is 23.0. The number of carbonyl (C=O) groups is 2. The number of benzene rings is 2. The summed E-state index contributed by atoms with van der Waals surface area (Å²) in [7, 11) is 2.49. The van der Waals surface area contributed by atoms with Crippen LogP contribution in [-0.2, 0) is 20.6 Å². The molecule has 138 valence electrons. The van der Waals surface area contributed by atoms with E-state index in [2.05, 4.69) is 0 Å². The van der Waals surface area contributed by atoms with Crippen molar-refractivity contribution in [2.24, 2.45) is 0 Å². The van der Waals surface area contributed by atoms with E-state index in [1.807, 2.05) is 0 Å². The van der Waals surface area contributed by atoms with E-state index in [-0.39, 0.29) is 38.1 Å². The van der Waals surface area contributed by atoms with Gasteiger partial charge < -0.3 is 14.0 Å². The third kappa shape index (κ3) is 3.07. The number of non-ortho nitro benzene ring substituents is 1. The van der Waals surface area contributed by atoms with Crippen LogP contribution in [-0.4, -0.2) is 35.3 Å². The molecule has 0 saturated carbocycles. The molecule has 1 aliphatic carbocycles. The molecule has 9 heteroatoms. The Kier molecular flexibility index (Phi) is 4.98.